The van der Waals surface area contributed by atoms with Crippen LogP contribution in [-0.2, 0) is 5.41 Å². The second-order valence-electron chi connectivity index (χ2n) is 5.89. The Bertz CT molecular complexity index is 634. The molecule has 1 aromatic carbocycles. The molecule has 2 rings (SSSR count). The highest BCUT2D eigenvalue weighted by atomic mass is 16.5. The minimum atomic E-state index is -0.204. The van der Waals surface area contributed by atoms with Gasteiger partial charge in [0.2, 0.25) is 0 Å². The Labute approximate surface area is 124 Å². The van der Waals surface area contributed by atoms with Crippen molar-refractivity contribution in [3.63, 3.8) is 0 Å². The third-order valence-corrected chi connectivity index (χ3v) is 3.24. The third-order valence-electron chi connectivity index (χ3n) is 3.24. The summed E-state index contributed by atoms with van der Waals surface area (Å²) in [5.74, 6) is 8.51. The summed E-state index contributed by atoms with van der Waals surface area (Å²) in [5, 5.41) is 0. The fourth-order valence-corrected chi connectivity index (χ4v) is 2.13. The number of imidazole rings is 1. The maximum Gasteiger partial charge on any atom is 0.150 e. The van der Waals surface area contributed by atoms with Gasteiger partial charge in [-0.3, -0.25) is 0 Å². The van der Waals surface area contributed by atoms with Crippen molar-refractivity contribution in [3.05, 3.63) is 24.0 Å². The molecule has 0 saturated heterocycles. The van der Waals surface area contributed by atoms with Crippen LogP contribution in [0.25, 0.3) is 11.3 Å². The maximum atomic E-state index is 6.11. The van der Waals surface area contributed by atoms with Crippen molar-refractivity contribution in [2.24, 2.45) is 0 Å². The number of aromatic nitrogens is 2. The quantitative estimate of drug-likeness (QED) is 0.846. The van der Waals surface area contributed by atoms with E-state index in [1.807, 2.05) is 32.9 Å². The number of ether oxygens (including phenoxy) is 2. The Hall–Kier alpha value is -2.37. The van der Waals surface area contributed by atoms with Gasteiger partial charge in [-0.15, -0.1) is 0 Å². The largest absolute Gasteiger partial charge is 0.497 e. The molecular weight excluding hydrogens is 268 g/mol. The molecule has 0 saturated carbocycles. The first kappa shape index (κ1) is 15.0. The third kappa shape index (κ3) is 2.74. The molecule has 6 nitrogen and oxygen atoms in total. The number of hydrogen-bond donors (Lipinski definition) is 2. The van der Waals surface area contributed by atoms with E-state index < -0.39 is 0 Å². The first-order valence-corrected chi connectivity index (χ1v) is 6.65. The Morgan fingerprint density at radius 3 is 1.95 bits per heavy atom. The zero-order valence-electron chi connectivity index (χ0n) is 13.1. The van der Waals surface area contributed by atoms with Gasteiger partial charge in [0, 0.05) is 17.0 Å². The van der Waals surface area contributed by atoms with Crippen molar-refractivity contribution < 1.29 is 9.47 Å². The number of hydrogen-bond acceptors (Lipinski definition) is 5. The maximum absolute atomic E-state index is 6.11. The molecule has 0 aliphatic heterocycles. The number of anilines is 1. The highest BCUT2D eigenvalue weighted by molar-refractivity contribution is 5.73. The number of nitrogen functional groups attached to an aromatic ring is 2. The minimum absolute atomic E-state index is 0.204. The Morgan fingerprint density at radius 2 is 1.57 bits per heavy atom. The molecule has 1 heterocycles. The van der Waals surface area contributed by atoms with Gasteiger partial charge in [-0.1, -0.05) is 20.8 Å². The van der Waals surface area contributed by atoms with Gasteiger partial charge in [-0.2, -0.15) is 0 Å². The summed E-state index contributed by atoms with van der Waals surface area (Å²) in [6.45, 7) is 6.11. The van der Waals surface area contributed by atoms with E-state index in [2.05, 4.69) is 4.98 Å². The molecule has 0 amide bonds. The summed E-state index contributed by atoms with van der Waals surface area (Å²) < 4.78 is 12.0. The monoisotopic (exact) mass is 290 g/mol. The molecule has 0 bridgehead atoms. The van der Waals surface area contributed by atoms with E-state index in [1.54, 1.807) is 20.3 Å². The van der Waals surface area contributed by atoms with Crippen molar-refractivity contribution in [2.75, 3.05) is 25.8 Å². The van der Waals surface area contributed by atoms with Gasteiger partial charge >= 0.3 is 0 Å². The fourth-order valence-electron chi connectivity index (χ4n) is 2.13. The van der Waals surface area contributed by atoms with Crippen molar-refractivity contribution in [2.45, 2.75) is 26.2 Å². The average molecular weight is 290 g/mol. The van der Waals surface area contributed by atoms with Gasteiger partial charge in [0.15, 0.2) is 5.82 Å². The zero-order valence-corrected chi connectivity index (χ0v) is 13.1. The lowest BCUT2D eigenvalue weighted by molar-refractivity contribution is 0.394. The van der Waals surface area contributed by atoms with Gasteiger partial charge in [0.05, 0.1) is 14.2 Å². The van der Waals surface area contributed by atoms with Crippen LogP contribution in [0.5, 0.6) is 11.5 Å². The Kier molecular flexibility index (Phi) is 3.72. The van der Waals surface area contributed by atoms with E-state index in [1.165, 1.54) is 4.68 Å². The van der Waals surface area contributed by atoms with Crippen LogP contribution in [0.1, 0.15) is 26.6 Å². The van der Waals surface area contributed by atoms with Crippen molar-refractivity contribution >= 4 is 5.82 Å². The second-order valence-corrected chi connectivity index (χ2v) is 5.89. The van der Waals surface area contributed by atoms with Crippen LogP contribution in [0, 0.1) is 0 Å². The van der Waals surface area contributed by atoms with Gasteiger partial charge in [0.1, 0.15) is 23.0 Å². The first-order valence-electron chi connectivity index (χ1n) is 6.65. The lowest BCUT2D eigenvalue weighted by Crippen LogP contribution is -2.24. The summed E-state index contributed by atoms with van der Waals surface area (Å²) in [6, 6.07) is 5.51. The van der Waals surface area contributed by atoms with E-state index in [0.29, 0.717) is 23.0 Å². The summed E-state index contributed by atoms with van der Waals surface area (Å²) in [4.78, 5) is 4.60. The van der Waals surface area contributed by atoms with Crippen molar-refractivity contribution in [1.82, 2.24) is 9.66 Å². The summed E-state index contributed by atoms with van der Waals surface area (Å²) in [5.41, 5.74) is 7.33. The van der Waals surface area contributed by atoms with Crippen LogP contribution in [0.3, 0.4) is 0 Å². The van der Waals surface area contributed by atoms with E-state index >= 15 is 0 Å². The van der Waals surface area contributed by atoms with E-state index in [0.717, 1.165) is 11.4 Å². The van der Waals surface area contributed by atoms with Crippen LogP contribution < -0.4 is 21.1 Å². The number of methoxy groups -OCH3 is 2. The molecule has 4 N–H and O–H groups in total. The van der Waals surface area contributed by atoms with Gasteiger partial charge in [-0.25, -0.2) is 9.66 Å². The minimum Gasteiger partial charge on any atom is -0.497 e. The molecule has 2 aromatic rings. The lowest BCUT2D eigenvalue weighted by atomic mass is 9.96. The summed E-state index contributed by atoms with van der Waals surface area (Å²) in [7, 11) is 3.20. The Balaban J connectivity index is 2.62. The number of nitrogens with two attached hydrogens (primary N) is 2. The molecule has 0 aliphatic carbocycles. The lowest BCUT2D eigenvalue weighted by Gasteiger charge is -2.17. The highest BCUT2D eigenvalue weighted by Gasteiger charge is 2.25. The summed E-state index contributed by atoms with van der Waals surface area (Å²) >= 11 is 0. The van der Waals surface area contributed by atoms with Crippen molar-refractivity contribution in [1.29, 1.82) is 0 Å². The second kappa shape index (κ2) is 5.20. The van der Waals surface area contributed by atoms with Gasteiger partial charge in [-0.05, 0) is 12.1 Å². The molecular formula is C15H22N4O2. The molecule has 0 spiro atoms. The first-order chi connectivity index (χ1) is 9.77. The van der Waals surface area contributed by atoms with Crippen LogP contribution in [-0.4, -0.2) is 23.9 Å². The van der Waals surface area contributed by atoms with Crippen LogP contribution in [0.2, 0.25) is 0 Å². The molecule has 0 unspecified atom stereocenters. The standard InChI is InChI=1S/C15H22N4O2/c1-15(2,3)14-18-12(13(16)19(14)17)9-6-10(20-4)8-11(7-9)21-5/h6-8H,16-17H2,1-5H3. The molecule has 0 radical (unpaired) electrons. The topological polar surface area (TPSA) is 88.3 Å². The molecule has 0 aliphatic rings. The van der Waals surface area contributed by atoms with Crippen LogP contribution in [0.15, 0.2) is 18.2 Å². The fraction of sp³-hybridized carbons (Fsp3) is 0.400. The van der Waals surface area contributed by atoms with E-state index in [9.17, 15) is 0 Å². The van der Waals surface area contributed by atoms with E-state index in [4.69, 9.17) is 21.1 Å². The highest BCUT2D eigenvalue weighted by Crippen LogP contribution is 2.34. The molecule has 0 atom stereocenters. The normalized spacial score (nSPS) is 11.5. The van der Waals surface area contributed by atoms with Crippen LogP contribution in [0.4, 0.5) is 5.82 Å². The van der Waals surface area contributed by atoms with Crippen molar-refractivity contribution in [3.8, 4) is 22.8 Å². The Morgan fingerprint density at radius 1 is 1.05 bits per heavy atom. The number of benzene rings is 1. The SMILES string of the molecule is COc1cc(OC)cc(-c2nc(C(C)(C)C)n(N)c2N)c1. The van der Waals surface area contributed by atoms with Gasteiger partial charge < -0.3 is 21.1 Å². The number of nitrogens with zero attached hydrogens (tertiary/aromatic N) is 2. The predicted molar refractivity (Wildman–Crippen MR) is 84.0 cm³/mol. The molecule has 6 heteroatoms. The molecule has 1 aromatic heterocycles. The molecule has 114 valence electrons. The van der Waals surface area contributed by atoms with Gasteiger partial charge in [0.25, 0.3) is 0 Å². The summed E-state index contributed by atoms with van der Waals surface area (Å²) in [6.07, 6.45) is 0. The number of rotatable bonds is 3. The van der Waals surface area contributed by atoms with Crippen LogP contribution >= 0.6 is 0 Å². The average Bonchev–Trinajstić information content (AvgIpc) is 2.74. The molecule has 21 heavy (non-hydrogen) atoms. The predicted octanol–water partition coefficient (Wildman–Crippen LogP) is 2.16. The zero-order chi connectivity index (χ0) is 15.8. The van der Waals surface area contributed by atoms with E-state index in [-0.39, 0.29) is 5.41 Å². The molecule has 0 fully saturated rings. The smallest absolute Gasteiger partial charge is 0.150 e.